The van der Waals surface area contributed by atoms with Crippen LogP contribution in [-0.2, 0) is 12.0 Å². The molecule has 0 spiro atoms. The van der Waals surface area contributed by atoms with E-state index in [-0.39, 0.29) is 5.41 Å². The molecule has 0 saturated carbocycles. The van der Waals surface area contributed by atoms with Gasteiger partial charge in [0.2, 0.25) is 0 Å². The average Bonchev–Trinajstić information content (AvgIpc) is 2.87. The highest BCUT2D eigenvalue weighted by molar-refractivity contribution is 7.13. The van der Waals surface area contributed by atoms with E-state index in [1.807, 2.05) is 0 Å². The third-order valence-electron chi connectivity index (χ3n) is 3.28. The highest BCUT2D eigenvalue weighted by Gasteiger charge is 2.13. The number of hydrogen-bond acceptors (Lipinski definition) is 3. The molecular formula is C17H24N2S. The predicted octanol–water partition coefficient (Wildman–Crippen LogP) is 4.61. The number of thiazole rings is 1. The Hall–Kier alpha value is -1.19. The molecular weight excluding hydrogens is 264 g/mol. The van der Waals surface area contributed by atoms with Gasteiger partial charge < -0.3 is 5.32 Å². The first-order valence-corrected chi connectivity index (χ1v) is 8.14. The quantitative estimate of drug-likeness (QED) is 0.813. The van der Waals surface area contributed by atoms with Gasteiger partial charge in [-0.05, 0) is 23.9 Å². The zero-order chi connectivity index (χ0) is 14.6. The van der Waals surface area contributed by atoms with Crippen molar-refractivity contribution in [2.75, 3.05) is 6.54 Å². The standard InChI is InChI=1S/C17H24N2S/c1-5-10-18-11-15-12-20-16(19-15)13-6-8-14(9-7-13)17(2,3)4/h6-9,12,18H,5,10-11H2,1-4H3. The van der Waals surface area contributed by atoms with Crippen LogP contribution in [0.15, 0.2) is 29.6 Å². The van der Waals surface area contributed by atoms with Crippen molar-refractivity contribution in [1.29, 1.82) is 0 Å². The molecule has 0 radical (unpaired) electrons. The zero-order valence-electron chi connectivity index (χ0n) is 12.9. The van der Waals surface area contributed by atoms with Crippen LogP contribution in [-0.4, -0.2) is 11.5 Å². The van der Waals surface area contributed by atoms with Crippen molar-refractivity contribution in [2.45, 2.75) is 46.1 Å². The van der Waals surface area contributed by atoms with Gasteiger partial charge in [0.05, 0.1) is 5.69 Å². The third kappa shape index (κ3) is 3.90. The van der Waals surface area contributed by atoms with Crippen molar-refractivity contribution in [3.8, 4) is 10.6 Å². The molecule has 1 N–H and O–H groups in total. The summed E-state index contributed by atoms with van der Waals surface area (Å²) in [5, 5.41) is 6.65. The van der Waals surface area contributed by atoms with E-state index in [2.05, 4.69) is 62.7 Å². The Balaban J connectivity index is 2.08. The van der Waals surface area contributed by atoms with Gasteiger partial charge in [-0.25, -0.2) is 4.98 Å². The Bertz CT molecular complexity index is 535. The molecule has 0 saturated heterocycles. The number of nitrogens with zero attached hydrogens (tertiary/aromatic N) is 1. The summed E-state index contributed by atoms with van der Waals surface area (Å²) >= 11 is 1.72. The molecule has 3 heteroatoms. The second kappa shape index (κ2) is 6.51. The number of rotatable bonds is 5. The smallest absolute Gasteiger partial charge is 0.123 e. The van der Waals surface area contributed by atoms with Crippen LogP contribution in [0.4, 0.5) is 0 Å². The number of aromatic nitrogens is 1. The molecule has 0 aliphatic heterocycles. The maximum absolute atomic E-state index is 4.70. The summed E-state index contributed by atoms with van der Waals surface area (Å²) in [6, 6.07) is 8.79. The maximum Gasteiger partial charge on any atom is 0.123 e. The fourth-order valence-corrected chi connectivity index (χ4v) is 2.85. The molecule has 0 fully saturated rings. The van der Waals surface area contributed by atoms with E-state index in [1.54, 1.807) is 11.3 Å². The van der Waals surface area contributed by atoms with Crippen LogP contribution < -0.4 is 5.32 Å². The summed E-state index contributed by atoms with van der Waals surface area (Å²) in [6.07, 6.45) is 1.16. The van der Waals surface area contributed by atoms with Crippen LogP contribution in [0.2, 0.25) is 0 Å². The van der Waals surface area contributed by atoms with Gasteiger partial charge in [-0.2, -0.15) is 0 Å². The first kappa shape index (κ1) is 15.2. The molecule has 2 aromatic rings. The van der Waals surface area contributed by atoms with E-state index in [1.165, 1.54) is 11.1 Å². The molecule has 0 aliphatic rings. The summed E-state index contributed by atoms with van der Waals surface area (Å²) in [5.41, 5.74) is 3.92. The van der Waals surface area contributed by atoms with Crippen molar-refractivity contribution in [3.63, 3.8) is 0 Å². The second-order valence-corrected chi connectivity index (χ2v) is 7.01. The lowest BCUT2D eigenvalue weighted by Crippen LogP contribution is -2.13. The summed E-state index contributed by atoms with van der Waals surface area (Å²) in [4.78, 5) is 4.70. The molecule has 1 heterocycles. The molecule has 0 amide bonds. The third-order valence-corrected chi connectivity index (χ3v) is 4.22. The van der Waals surface area contributed by atoms with E-state index in [0.717, 1.165) is 30.2 Å². The number of nitrogens with one attached hydrogen (secondary N) is 1. The fourth-order valence-electron chi connectivity index (χ4n) is 2.03. The van der Waals surface area contributed by atoms with Crippen molar-refractivity contribution in [2.24, 2.45) is 0 Å². The summed E-state index contributed by atoms with van der Waals surface area (Å²) in [6.45, 7) is 10.8. The lowest BCUT2D eigenvalue weighted by atomic mass is 9.87. The normalized spacial score (nSPS) is 11.8. The lowest BCUT2D eigenvalue weighted by molar-refractivity contribution is 0.590. The molecule has 1 aromatic heterocycles. The average molecular weight is 288 g/mol. The monoisotopic (exact) mass is 288 g/mol. The van der Waals surface area contributed by atoms with Crippen LogP contribution in [0.5, 0.6) is 0 Å². The van der Waals surface area contributed by atoms with Gasteiger partial charge >= 0.3 is 0 Å². The summed E-state index contributed by atoms with van der Waals surface area (Å²) in [5.74, 6) is 0. The Kier molecular flexibility index (Phi) is 4.95. The summed E-state index contributed by atoms with van der Waals surface area (Å²) < 4.78 is 0. The van der Waals surface area contributed by atoms with Crippen LogP contribution in [0.3, 0.4) is 0 Å². The largest absolute Gasteiger partial charge is 0.311 e. The van der Waals surface area contributed by atoms with Crippen molar-refractivity contribution >= 4 is 11.3 Å². The van der Waals surface area contributed by atoms with Crippen molar-refractivity contribution in [3.05, 3.63) is 40.9 Å². The first-order chi connectivity index (χ1) is 9.50. The molecule has 2 rings (SSSR count). The van der Waals surface area contributed by atoms with E-state index in [9.17, 15) is 0 Å². The predicted molar refractivity (Wildman–Crippen MR) is 88.2 cm³/mol. The number of hydrogen-bond donors (Lipinski definition) is 1. The van der Waals surface area contributed by atoms with E-state index in [0.29, 0.717) is 0 Å². The fraction of sp³-hybridized carbons (Fsp3) is 0.471. The van der Waals surface area contributed by atoms with Gasteiger partial charge in [0.25, 0.3) is 0 Å². The SMILES string of the molecule is CCCNCc1csc(-c2ccc(C(C)(C)C)cc2)n1. The minimum Gasteiger partial charge on any atom is -0.311 e. The van der Waals surface area contributed by atoms with Gasteiger partial charge in [-0.3, -0.25) is 0 Å². The van der Waals surface area contributed by atoms with Crippen LogP contribution >= 0.6 is 11.3 Å². The van der Waals surface area contributed by atoms with Gasteiger partial charge in [-0.1, -0.05) is 52.0 Å². The molecule has 108 valence electrons. The molecule has 0 atom stereocenters. The van der Waals surface area contributed by atoms with E-state index < -0.39 is 0 Å². The highest BCUT2D eigenvalue weighted by atomic mass is 32.1. The molecule has 2 nitrogen and oxygen atoms in total. The Morgan fingerprint density at radius 1 is 1.15 bits per heavy atom. The van der Waals surface area contributed by atoms with Gasteiger partial charge in [-0.15, -0.1) is 11.3 Å². The molecule has 0 aliphatic carbocycles. The molecule has 0 bridgehead atoms. The second-order valence-electron chi connectivity index (χ2n) is 6.15. The zero-order valence-corrected chi connectivity index (χ0v) is 13.7. The van der Waals surface area contributed by atoms with Gasteiger partial charge in [0, 0.05) is 17.5 Å². The first-order valence-electron chi connectivity index (χ1n) is 7.26. The van der Waals surface area contributed by atoms with E-state index >= 15 is 0 Å². The molecule has 20 heavy (non-hydrogen) atoms. The molecule has 1 aromatic carbocycles. The maximum atomic E-state index is 4.70. The van der Waals surface area contributed by atoms with Crippen LogP contribution in [0.25, 0.3) is 10.6 Å². The minimum atomic E-state index is 0.205. The van der Waals surface area contributed by atoms with E-state index in [4.69, 9.17) is 4.98 Å². The van der Waals surface area contributed by atoms with Crippen molar-refractivity contribution < 1.29 is 0 Å². The van der Waals surface area contributed by atoms with Gasteiger partial charge in [0.1, 0.15) is 5.01 Å². The summed E-state index contributed by atoms with van der Waals surface area (Å²) in [7, 11) is 0. The van der Waals surface area contributed by atoms with Crippen molar-refractivity contribution in [1.82, 2.24) is 10.3 Å². The topological polar surface area (TPSA) is 24.9 Å². The minimum absolute atomic E-state index is 0.205. The highest BCUT2D eigenvalue weighted by Crippen LogP contribution is 2.27. The number of benzene rings is 1. The Labute approximate surface area is 126 Å². The van der Waals surface area contributed by atoms with Gasteiger partial charge in [0.15, 0.2) is 0 Å². The Morgan fingerprint density at radius 2 is 1.85 bits per heavy atom. The van der Waals surface area contributed by atoms with Crippen LogP contribution in [0, 0.1) is 0 Å². The van der Waals surface area contributed by atoms with Crippen LogP contribution in [0.1, 0.15) is 45.4 Å². The Morgan fingerprint density at radius 3 is 2.45 bits per heavy atom. The lowest BCUT2D eigenvalue weighted by Gasteiger charge is -2.18. The molecule has 0 unspecified atom stereocenters.